The zero-order chi connectivity index (χ0) is 25.1. The summed E-state index contributed by atoms with van der Waals surface area (Å²) in [5.41, 5.74) is 9.78. The molecule has 2 aliphatic rings. The summed E-state index contributed by atoms with van der Waals surface area (Å²) in [7, 11) is 0. The Kier molecular flexibility index (Phi) is 7.06. The number of rotatable bonds is 5. The summed E-state index contributed by atoms with van der Waals surface area (Å²) in [4.78, 5) is 45.5. The maximum Gasteiger partial charge on any atom is 0.334 e. The van der Waals surface area contributed by atoms with Crippen molar-refractivity contribution in [1.29, 1.82) is 0 Å². The van der Waals surface area contributed by atoms with Gasteiger partial charge in [-0.25, -0.2) is 9.78 Å². The van der Waals surface area contributed by atoms with E-state index < -0.39 is 18.0 Å². The van der Waals surface area contributed by atoms with Gasteiger partial charge in [0.25, 0.3) is 5.91 Å². The largest absolute Gasteiger partial charge is 0.341 e. The van der Waals surface area contributed by atoms with Gasteiger partial charge in [0.15, 0.2) is 5.82 Å². The molecule has 1 aliphatic heterocycles. The summed E-state index contributed by atoms with van der Waals surface area (Å²) in [6.45, 7) is 0. The van der Waals surface area contributed by atoms with Gasteiger partial charge in [-0.15, -0.1) is 0 Å². The van der Waals surface area contributed by atoms with Gasteiger partial charge in [0, 0.05) is 24.3 Å². The molecule has 184 valence electrons. The van der Waals surface area contributed by atoms with Gasteiger partial charge in [0.2, 0.25) is 5.12 Å². The zero-order valence-corrected chi connectivity index (χ0v) is 20.7. The third-order valence-electron chi connectivity index (χ3n) is 6.20. The number of thioether (sulfide) groups is 1. The Hall–Kier alpha value is -3.63. The molecule has 36 heavy (non-hydrogen) atoms. The van der Waals surface area contributed by atoms with Crippen LogP contribution in [0.15, 0.2) is 55.0 Å². The molecule has 1 saturated heterocycles. The number of hydrazine groups is 1. The minimum atomic E-state index is -0.500. The van der Waals surface area contributed by atoms with Gasteiger partial charge in [0.1, 0.15) is 0 Å². The number of carbonyl (C=O) groups is 3. The second kappa shape index (κ2) is 10.5. The first-order valence-corrected chi connectivity index (χ1v) is 12.8. The molecule has 1 aliphatic carbocycles. The second-order valence-corrected chi connectivity index (χ2v) is 9.97. The van der Waals surface area contributed by atoms with Crippen LogP contribution in [0.5, 0.6) is 0 Å². The van der Waals surface area contributed by atoms with Crippen molar-refractivity contribution in [3.8, 4) is 0 Å². The van der Waals surface area contributed by atoms with Crippen LogP contribution in [0.1, 0.15) is 45.1 Å². The first-order chi connectivity index (χ1) is 17.5. The average molecular weight is 523 g/mol. The van der Waals surface area contributed by atoms with Gasteiger partial charge < -0.3 is 10.6 Å². The van der Waals surface area contributed by atoms with Crippen molar-refractivity contribution in [1.82, 2.24) is 26.0 Å². The SMILES string of the molecule is O=C(NNc1ncc(C(=O)NC2CCSC2=O)cc1Cl)NC1c2ccccc2CCc2cnccc21. The molecule has 3 amide bonds. The van der Waals surface area contributed by atoms with Crippen LogP contribution < -0.4 is 21.5 Å². The Labute approximate surface area is 216 Å². The van der Waals surface area contributed by atoms with E-state index in [-0.39, 0.29) is 27.6 Å². The topological polar surface area (TPSA) is 125 Å². The number of nitrogens with one attached hydrogen (secondary N) is 4. The number of fused-ring (bicyclic) bond motifs is 2. The van der Waals surface area contributed by atoms with Crippen LogP contribution in [-0.4, -0.2) is 38.8 Å². The number of halogens is 1. The Morgan fingerprint density at radius 3 is 2.64 bits per heavy atom. The monoisotopic (exact) mass is 522 g/mol. The van der Waals surface area contributed by atoms with Crippen molar-refractivity contribution < 1.29 is 14.4 Å². The van der Waals surface area contributed by atoms with Crippen molar-refractivity contribution in [3.63, 3.8) is 0 Å². The second-order valence-electron chi connectivity index (χ2n) is 8.47. The van der Waals surface area contributed by atoms with Crippen LogP contribution in [0.3, 0.4) is 0 Å². The van der Waals surface area contributed by atoms with Crippen LogP contribution in [0, 0.1) is 0 Å². The van der Waals surface area contributed by atoms with Crippen molar-refractivity contribution in [2.75, 3.05) is 11.2 Å². The van der Waals surface area contributed by atoms with E-state index in [2.05, 4.69) is 37.5 Å². The Morgan fingerprint density at radius 1 is 1.03 bits per heavy atom. The molecule has 11 heteroatoms. The van der Waals surface area contributed by atoms with Crippen molar-refractivity contribution in [2.24, 2.45) is 0 Å². The third-order valence-corrected chi connectivity index (χ3v) is 7.49. The highest BCUT2D eigenvalue weighted by molar-refractivity contribution is 8.14. The number of urea groups is 1. The molecule has 9 nitrogen and oxygen atoms in total. The highest BCUT2D eigenvalue weighted by Crippen LogP contribution is 2.32. The zero-order valence-electron chi connectivity index (χ0n) is 19.1. The highest BCUT2D eigenvalue weighted by atomic mass is 35.5. The van der Waals surface area contributed by atoms with Gasteiger partial charge in [-0.3, -0.25) is 25.4 Å². The van der Waals surface area contributed by atoms with Crippen LogP contribution in [0.4, 0.5) is 10.6 Å². The van der Waals surface area contributed by atoms with Crippen molar-refractivity contribution in [3.05, 3.63) is 87.8 Å². The minimum absolute atomic E-state index is 0.0499. The maximum atomic E-state index is 12.9. The number of anilines is 1. The van der Waals surface area contributed by atoms with E-state index in [0.717, 1.165) is 29.5 Å². The molecular weight excluding hydrogens is 500 g/mol. The predicted molar refractivity (Wildman–Crippen MR) is 138 cm³/mol. The normalized spacial score (nSPS) is 18.4. The molecule has 2 unspecified atom stereocenters. The Bertz CT molecular complexity index is 1290. The molecular formula is C25H23ClN6O3S. The molecule has 0 spiro atoms. The number of benzene rings is 1. The number of carbonyl (C=O) groups excluding carboxylic acids is 3. The summed E-state index contributed by atoms with van der Waals surface area (Å²) in [5.74, 6) is 0.443. The van der Waals surface area contributed by atoms with Gasteiger partial charge >= 0.3 is 6.03 Å². The number of amides is 3. The Balaban J connectivity index is 1.25. The van der Waals surface area contributed by atoms with E-state index in [0.29, 0.717) is 12.2 Å². The van der Waals surface area contributed by atoms with Gasteiger partial charge in [-0.05, 0) is 53.6 Å². The lowest BCUT2D eigenvalue weighted by Gasteiger charge is -2.22. The molecule has 3 heterocycles. The molecule has 4 N–H and O–H groups in total. The quantitative estimate of drug-likeness (QED) is 0.378. The van der Waals surface area contributed by atoms with Crippen LogP contribution in [-0.2, 0) is 17.6 Å². The van der Waals surface area contributed by atoms with E-state index >= 15 is 0 Å². The molecule has 1 fully saturated rings. The molecule has 3 aromatic rings. The summed E-state index contributed by atoms with van der Waals surface area (Å²) in [5, 5.41) is 5.82. The van der Waals surface area contributed by atoms with Gasteiger partial charge in [-0.2, -0.15) is 0 Å². The van der Waals surface area contributed by atoms with E-state index in [9.17, 15) is 14.4 Å². The van der Waals surface area contributed by atoms with Crippen molar-refractivity contribution in [2.45, 2.75) is 31.3 Å². The van der Waals surface area contributed by atoms with E-state index in [1.165, 1.54) is 29.6 Å². The number of pyridine rings is 2. The fourth-order valence-electron chi connectivity index (χ4n) is 4.37. The third kappa shape index (κ3) is 5.14. The lowest BCUT2D eigenvalue weighted by molar-refractivity contribution is -0.112. The lowest BCUT2D eigenvalue weighted by Crippen LogP contribution is -2.41. The molecule has 5 rings (SSSR count). The van der Waals surface area contributed by atoms with Crippen LogP contribution >= 0.6 is 23.4 Å². The van der Waals surface area contributed by atoms with E-state index in [1.807, 2.05) is 30.5 Å². The molecule has 0 radical (unpaired) electrons. The van der Waals surface area contributed by atoms with Gasteiger partial charge in [-0.1, -0.05) is 47.6 Å². The number of hydrogen-bond donors (Lipinski definition) is 4. The summed E-state index contributed by atoms with van der Waals surface area (Å²) in [6.07, 6.45) is 7.20. The van der Waals surface area contributed by atoms with Crippen LogP contribution in [0.2, 0.25) is 5.02 Å². The standard InChI is InChI=1S/C25H23ClN6O3S/c26-19-11-16(23(33)29-20-8-10-36-24(20)34)13-28-22(19)31-32-25(35)30-21-17-4-2-1-3-14(17)5-6-15-12-27-9-7-18(15)21/h1-4,7,9,11-13,20-21H,5-6,8,10H2,(H,28,31)(H,29,33)(H2,30,32,35). The summed E-state index contributed by atoms with van der Waals surface area (Å²) >= 11 is 7.50. The van der Waals surface area contributed by atoms with Crippen LogP contribution in [0.25, 0.3) is 0 Å². The van der Waals surface area contributed by atoms with E-state index in [4.69, 9.17) is 11.6 Å². The highest BCUT2D eigenvalue weighted by Gasteiger charge is 2.28. The van der Waals surface area contributed by atoms with Gasteiger partial charge in [0.05, 0.1) is 22.7 Å². The summed E-state index contributed by atoms with van der Waals surface area (Å²) < 4.78 is 0. The first-order valence-electron chi connectivity index (χ1n) is 11.5. The number of nitrogens with zero attached hydrogens (tertiary/aromatic N) is 2. The molecule has 0 saturated carbocycles. The first kappa shape index (κ1) is 24.1. The minimum Gasteiger partial charge on any atom is -0.341 e. The molecule has 2 aromatic heterocycles. The van der Waals surface area contributed by atoms with E-state index in [1.54, 1.807) is 6.20 Å². The average Bonchev–Trinajstić information content (AvgIpc) is 3.22. The molecule has 0 bridgehead atoms. The fraction of sp³-hybridized carbons (Fsp3) is 0.240. The smallest absolute Gasteiger partial charge is 0.334 e. The maximum absolute atomic E-state index is 12.9. The number of aromatic nitrogens is 2. The lowest BCUT2D eigenvalue weighted by atomic mass is 9.96. The number of hydrogen-bond acceptors (Lipinski definition) is 7. The van der Waals surface area contributed by atoms with Crippen molar-refractivity contribution >= 4 is 46.2 Å². The fourth-order valence-corrected chi connectivity index (χ4v) is 5.52. The molecule has 2 atom stereocenters. The predicted octanol–water partition coefficient (Wildman–Crippen LogP) is 3.41. The molecule has 1 aromatic carbocycles. The Morgan fingerprint density at radius 2 is 1.83 bits per heavy atom. The number of aryl methyl sites for hydroxylation is 2. The summed E-state index contributed by atoms with van der Waals surface area (Å²) in [6, 6.07) is 10.1.